The number of methoxy groups -OCH3 is 1. The van der Waals surface area contributed by atoms with Crippen LogP contribution in [0, 0.1) is 10.8 Å². The number of carbonyl (C=O) groups is 3. The molecule has 3 atom stereocenters. The molecule has 27 heavy (non-hydrogen) atoms. The van der Waals surface area contributed by atoms with Gasteiger partial charge in [-0.15, -0.1) is 0 Å². The maximum atomic E-state index is 13.6. The molecule has 1 fully saturated rings. The lowest BCUT2D eigenvalue weighted by molar-refractivity contribution is -0.160. The van der Waals surface area contributed by atoms with Crippen molar-refractivity contribution in [3.8, 4) is 5.75 Å². The van der Waals surface area contributed by atoms with Crippen molar-refractivity contribution in [2.24, 2.45) is 10.8 Å². The molecular formula is C21H17BrO5. The number of fused-ring (bicyclic) bond motifs is 3. The molecule has 138 valence electrons. The number of rotatable bonds is 4. The molecule has 1 aliphatic carbocycles. The second-order valence-corrected chi connectivity index (χ2v) is 7.74. The minimum Gasteiger partial charge on any atom is -0.468 e. The first-order chi connectivity index (χ1) is 12.9. The lowest BCUT2D eigenvalue weighted by Crippen LogP contribution is -2.40. The van der Waals surface area contributed by atoms with E-state index in [2.05, 4.69) is 15.9 Å². The molecule has 2 aromatic carbocycles. The van der Waals surface area contributed by atoms with Crippen LogP contribution in [-0.4, -0.2) is 24.8 Å². The van der Waals surface area contributed by atoms with Gasteiger partial charge < -0.3 is 9.47 Å². The molecule has 0 N–H and O–H groups in total. The summed E-state index contributed by atoms with van der Waals surface area (Å²) in [6.45, 7) is 1.81. The van der Waals surface area contributed by atoms with Crippen molar-refractivity contribution in [2.75, 3.05) is 7.11 Å². The summed E-state index contributed by atoms with van der Waals surface area (Å²) in [6, 6.07) is 14.0. The van der Waals surface area contributed by atoms with E-state index >= 15 is 0 Å². The monoisotopic (exact) mass is 428 g/mol. The summed E-state index contributed by atoms with van der Waals surface area (Å²) >= 11 is 3.42. The van der Waals surface area contributed by atoms with Crippen LogP contribution < -0.4 is 4.74 Å². The standard InChI is InChI=1S/C21H17BrO5/c1-3-20(17(23)12-7-5-4-6-8-12)16-14-11-13(22)9-10-15(14)27-19(25)21(16,20)18(24)26-2/h4-11,16H,3H2,1-2H3. The number of esters is 2. The Balaban J connectivity index is 1.97. The molecule has 0 bridgehead atoms. The van der Waals surface area contributed by atoms with E-state index < -0.39 is 28.7 Å². The maximum absolute atomic E-state index is 13.6. The zero-order valence-electron chi connectivity index (χ0n) is 14.8. The molecule has 1 heterocycles. The lowest BCUT2D eigenvalue weighted by atomic mass is 9.83. The number of benzene rings is 2. The molecule has 0 radical (unpaired) electrons. The molecule has 3 unspecified atom stereocenters. The molecule has 0 aromatic heterocycles. The highest BCUT2D eigenvalue weighted by Crippen LogP contribution is 2.80. The van der Waals surface area contributed by atoms with Gasteiger partial charge in [0.2, 0.25) is 0 Å². The van der Waals surface area contributed by atoms with Gasteiger partial charge >= 0.3 is 11.9 Å². The van der Waals surface area contributed by atoms with Gasteiger partial charge in [0.1, 0.15) is 5.75 Å². The Labute approximate surface area is 164 Å². The fourth-order valence-electron chi connectivity index (χ4n) is 4.70. The fourth-order valence-corrected chi connectivity index (χ4v) is 5.08. The van der Waals surface area contributed by atoms with Crippen molar-refractivity contribution in [3.05, 3.63) is 64.1 Å². The summed E-state index contributed by atoms with van der Waals surface area (Å²) in [7, 11) is 1.23. The molecule has 2 aliphatic rings. The Hall–Kier alpha value is -2.47. The summed E-state index contributed by atoms with van der Waals surface area (Å²) in [6.07, 6.45) is 0.307. The van der Waals surface area contributed by atoms with Crippen LogP contribution in [0.2, 0.25) is 0 Å². The van der Waals surface area contributed by atoms with E-state index in [1.54, 1.807) is 42.5 Å². The predicted molar refractivity (Wildman–Crippen MR) is 100 cm³/mol. The van der Waals surface area contributed by atoms with Crippen LogP contribution in [0.4, 0.5) is 0 Å². The summed E-state index contributed by atoms with van der Waals surface area (Å²) in [5.41, 5.74) is -1.76. The van der Waals surface area contributed by atoms with E-state index in [1.807, 2.05) is 13.0 Å². The van der Waals surface area contributed by atoms with Crippen LogP contribution in [0.3, 0.4) is 0 Å². The van der Waals surface area contributed by atoms with E-state index in [0.29, 0.717) is 23.3 Å². The second kappa shape index (κ2) is 6.02. The highest BCUT2D eigenvalue weighted by Gasteiger charge is 2.90. The first-order valence-electron chi connectivity index (χ1n) is 8.65. The van der Waals surface area contributed by atoms with E-state index in [0.717, 1.165) is 4.47 Å². The van der Waals surface area contributed by atoms with Crippen LogP contribution in [0.5, 0.6) is 5.75 Å². The topological polar surface area (TPSA) is 69.7 Å². The molecule has 0 amide bonds. The number of carbonyl (C=O) groups excluding carboxylic acids is 3. The Morgan fingerprint density at radius 3 is 2.52 bits per heavy atom. The van der Waals surface area contributed by atoms with Gasteiger partial charge in [0.25, 0.3) is 0 Å². The molecule has 2 aromatic rings. The molecule has 1 aliphatic heterocycles. The third-order valence-corrected chi connectivity index (χ3v) is 6.35. The Bertz CT molecular complexity index is 970. The van der Waals surface area contributed by atoms with Gasteiger partial charge in [0.15, 0.2) is 11.2 Å². The highest BCUT2D eigenvalue weighted by molar-refractivity contribution is 9.10. The van der Waals surface area contributed by atoms with E-state index in [-0.39, 0.29) is 5.78 Å². The fraction of sp³-hybridized carbons (Fsp3) is 0.286. The first kappa shape index (κ1) is 17.9. The van der Waals surface area contributed by atoms with Crippen molar-refractivity contribution >= 4 is 33.7 Å². The lowest BCUT2D eigenvalue weighted by Gasteiger charge is -2.22. The van der Waals surface area contributed by atoms with Crippen LogP contribution in [-0.2, 0) is 14.3 Å². The van der Waals surface area contributed by atoms with E-state index in [4.69, 9.17) is 9.47 Å². The van der Waals surface area contributed by atoms with Crippen molar-refractivity contribution in [2.45, 2.75) is 19.3 Å². The number of hydrogen-bond donors (Lipinski definition) is 0. The average molecular weight is 429 g/mol. The van der Waals surface area contributed by atoms with Gasteiger partial charge in [0, 0.05) is 21.5 Å². The Morgan fingerprint density at radius 1 is 1.19 bits per heavy atom. The van der Waals surface area contributed by atoms with E-state index in [9.17, 15) is 14.4 Å². The van der Waals surface area contributed by atoms with Crippen molar-refractivity contribution in [1.82, 2.24) is 0 Å². The molecule has 0 spiro atoms. The minimum atomic E-state index is -1.66. The third kappa shape index (κ3) is 2.07. The van der Waals surface area contributed by atoms with Gasteiger partial charge in [-0.05, 0) is 24.6 Å². The number of ketones is 1. The van der Waals surface area contributed by atoms with Crippen molar-refractivity contribution in [1.29, 1.82) is 0 Å². The smallest absolute Gasteiger partial charge is 0.330 e. The predicted octanol–water partition coefficient (Wildman–Crippen LogP) is 3.90. The molecule has 6 heteroatoms. The highest BCUT2D eigenvalue weighted by atomic mass is 79.9. The van der Waals surface area contributed by atoms with Crippen LogP contribution in [0.25, 0.3) is 0 Å². The van der Waals surface area contributed by atoms with Gasteiger partial charge in [-0.1, -0.05) is 53.2 Å². The SMILES string of the molecule is CCC1(C(=O)c2ccccc2)C2c3cc(Br)ccc3OC(=O)C21C(=O)OC. The molecular weight excluding hydrogens is 412 g/mol. The number of hydrogen-bond acceptors (Lipinski definition) is 5. The first-order valence-corrected chi connectivity index (χ1v) is 9.44. The summed E-state index contributed by atoms with van der Waals surface area (Å²) in [4.78, 5) is 39.5. The largest absolute Gasteiger partial charge is 0.468 e. The zero-order chi connectivity index (χ0) is 19.4. The molecule has 1 saturated carbocycles. The Kier molecular flexibility index (Phi) is 4.00. The summed E-state index contributed by atoms with van der Waals surface area (Å²) in [5, 5.41) is 0. The van der Waals surface area contributed by atoms with Crippen molar-refractivity contribution < 1.29 is 23.9 Å². The van der Waals surface area contributed by atoms with Crippen LogP contribution in [0.1, 0.15) is 35.2 Å². The van der Waals surface area contributed by atoms with Gasteiger partial charge in [-0.25, -0.2) is 0 Å². The van der Waals surface area contributed by atoms with Crippen molar-refractivity contribution in [3.63, 3.8) is 0 Å². The summed E-state index contributed by atoms with van der Waals surface area (Å²) < 4.78 is 11.3. The Morgan fingerprint density at radius 2 is 1.89 bits per heavy atom. The summed E-state index contributed by atoms with van der Waals surface area (Å²) in [5.74, 6) is -1.94. The quantitative estimate of drug-likeness (QED) is 0.319. The van der Waals surface area contributed by atoms with Gasteiger partial charge in [0.05, 0.1) is 12.5 Å². The third-order valence-electron chi connectivity index (χ3n) is 5.86. The van der Waals surface area contributed by atoms with Gasteiger partial charge in [-0.3, -0.25) is 14.4 Å². The number of halogens is 1. The maximum Gasteiger partial charge on any atom is 0.330 e. The van der Waals surface area contributed by atoms with Gasteiger partial charge in [-0.2, -0.15) is 0 Å². The molecule has 4 rings (SSSR count). The molecule has 0 saturated heterocycles. The minimum absolute atomic E-state index is 0.245. The normalized spacial score (nSPS) is 27.8. The average Bonchev–Trinajstić information content (AvgIpc) is 3.35. The number of Topliss-reactive ketones (excluding diaryl/α,β-unsaturated/α-hetero) is 1. The number of ether oxygens (including phenoxy) is 2. The second-order valence-electron chi connectivity index (χ2n) is 6.82. The van der Waals surface area contributed by atoms with Crippen LogP contribution in [0.15, 0.2) is 53.0 Å². The van der Waals surface area contributed by atoms with E-state index in [1.165, 1.54) is 7.11 Å². The molecule has 5 nitrogen and oxygen atoms in total. The van der Waals surface area contributed by atoms with Crippen LogP contribution >= 0.6 is 15.9 Å². The zero-order valence-corrected chi connectivity index (χ0v) is 16.4.